The number of hydrogen-bond acceptors (Lipinski definition) is 5. The molecule has 112 valence electrons. The maximum absolute atomic E-state index is 7.54. The lowest BCUT2D eigenvalue weighted by molar-refractivity contribution is 0.288. The summed E-state index contributed by atoms with van der Waals surface area (Å²) in [5.74, 6) is 1.88. The molecule has 6 heteroatoms. The van der Waals surface area contributed by atoms with Crippen LogP contribution in [0.2, 0.25) is 0 Å². The fraction of sp³-hybridized carbons (Fsp3) is 0.312. The highest BCUT2D eigenvalue weighted by Crippen LogP contribution is 2.32. The van der Waals surface area contributed by atoms with Gasteiger partial charge in [0.1, 0.15) is 5.82 Å². The van der Waals surface area contributed by atoms with E-state index in [2.05, 4.69) is 15.1 Å². The van der Waals surface area contributed by atoms with Gasteiger partial charge in [-0.1, -0.05) is 24.3 Å². The predicted molar refractivity (Wildman–Crippen MR) is 82.4 cm³/mol. The lowest BCUT2D eigenvalue weighted by Gasteiger charge is -2.11. The Hall–Kier alpha value is -2.63. The van der Waals surface area contributed by atoms with E-state index in [4.69, 9.17) is 15.7 Å². The Morgan fingerprint density at radius 1 is 1.32 bits per heavy atom. The van der Waals surface area contributed by atoms with Crippen molar-refractivity contribution in [2.45, 2.75) is 19.8 Å². The van der Waals surface area contributed by atoms with E-state index in [1.165, 1.54) is 12.8 Å². The van der Waals surface area contributed by atoms with Crippen LogP contribution in [-0.2, 0) is 0 Å². The predicted octanol–water partition coefficient (Wildman–Crippen LogP) is 3.60. The number of ether oxygens (including phenoxy) is 1. The van der Waals surface area contributed by atoms with Crippen LogP contribution in [0.15, 0.2) is 35.6 Å². The summed E-state index contributed by atoms with van der Waals surface area (Å²) < 4.78 is 5.85. The lowest BCUT2D eigenvalue weighted by atomic mass is 10.1. The molecule has 1 heterocycles. The second-order valence-corrected chi connectivity index (χ2v) is 5.43. The molecule has 1 saturated carbocycles. The number of benzene rings is 1. The Morgan fingerprint density at radius 2 is 2.05 bits per heavy atom. The molecule has 0 amide bonds. The van der Waals surface area contributed by atoms with Crippen molar-refractivity contribution in [2.75, 3.05) is 6.61 Å². The highest BCUT2D eigenvalue weighted by Gasteiger charge is 2.23. The smallest absolute Gasteiger partial charge is 0.224 e. The Morgan fingerprint density at radius 3 is 2.68 bits per heavy atom. The number of nitrogens with zero attached hydrogens (tertiary/aromatic N) is 3. The van der Waals surface area contributed by atoms with E-state index < -0.39 is 0 Å². The van der Waals surface area contributed by atoms with Crippen molar-refractivity contribution < 1.29 is 4.74 Å². The normalized spacial score (nSPS) is 13.7. The highest BCUT2D eigenvalue weighted by molar-refractivity contribution is 5.96. The van der Waals surface area contributed by atoms with Crippen molar-refractivity contribution in [3.63, 3.8) is 0 Å². The molecule has 0 radical (unpaired) electrons. The molecule has 2 aromatic rings. The van der Waals surface area contributed by atoms with E-state index >= 15 is 0 Å². The van der Waals surface area contributed by atoms with Gasteiger partial charge in [-0.3, -0.25) is 5.41 Å². The first-order valence-electron chi connectivity index (χ1n) is 7.20. The van der Waals surface area contributed by atoms with E-state index in [-0.39, 0.29) is 5.84 Å². The van der Waals surface area contributed by atoms with Crippen molar-refractivity contribution in [3.05, 3.63) is 41.9 Å². The minimum atomic E-state index is -0.0584. The van der Waals surface area contributed by atoms with Gasteiger partial charge in [-0.05, 0) is 31.2 Å². The maximum atomic E-state index is 7.54. The first-order chi connectivity index (χ1) is 10.7. The van der Waals surface area contributed by atoms with E-state index in [0.717, 1.165) is 11.1 Å². The van der Waals surface area contributed by atoms with Crippen molar-refractivity contribution in [3.8, 4) is 17.0 Å². The molecule has 1 aromatic heterocycles. The summed E-state index contributed by atoms with van der Waals surface area (Å²) in [7, 11) is 0. The number of aromatic nitrogens is 2. The number of amidine groups is 1. The van der Waals surface area contributed by atoms with Crippen LogP contribution < -0.4 is 4.74 Å². The number of nitrogens with one attached hydrogen (secondary N) is 2. The third-order valence-corrected chi connectivity index (χ3v) is 3.61. The molecular weight excluding hydrogens is 278 g/mol. The van der Waals surface area contributed by atoms with Crippen molar-refractivity contribution in [1.82, 2.24) is 9.97 Å². The third kappa shape index (κ3) is 3.16. The standard InChI is InChI=1S/C16H17N5O/c1-10-19-8-14(16(20-10)22-9-11-2-3-11)12-4-6-13(7-5-12)15(17)21-18/h4-8,11,17-18H,2-3,9H2,1H3. The molecule has 2 N–H and O–H groups in total. The van der Waals surface area contributed by atoms with Crippen LogP contribution in [-0.4, -0.2) is 22.4 Å². The molecule has 0 aliphatic heterocycles. The van der Waals surface area contributed by atoms with Crippen LogP contribution in [0, 0.1) is 23.8 Å². The van der Waals surface area contributed by atoms with Crippen LogP contribution in [0.25, 0.3) is 11.1 Å². The van der Waals surface area contributed by atoms with Crippen LogP contribution in [0.3, 0.4) is 0 Å². The highest BCUT2D eigenvalue weighted by atomic mass is 16.5. The van der Waals surface area contributed by atoms with E-state index in [0.29, 0.717) is 29.8 Å². The zero-order valence-corrected chi connectivity index (χ0v) is 12.3. The summed E-state index contributed by atoms with van der Waals surface area (Å²) in [6.45, 7) is 2.54. The van der Waals surface area contributed by atoms with Gasteiger partial charge < -0.3 is 4.74 Å². The maximum Gasteiger partial charge on any atom is 0.224 e. The minimum absolute atomic E-state index is 0.0584. The SMILES string of the molecule is Cc1ncc(-c2ccc(C(=N)N=N)cc2)c(OCC2CC2)n1. The summed E-state index contributed by atoms with van der Waals surface area (Å²) in [4.78, 5) is 8.65. The average Bonchev–Trinajstić information content (AvgIpc) is 3.37. The second kappa shape index (κ2) is 6.01. The summed E-state index contributed by atoms with van der Waals surface area (Å²) in [5, 5.41) is 10.7. The molecule has 0 spiro atoms. The third-order valence-electron chi connectivity index (χ3n) is 3.61. The fourth-order valence-electron chi connectivity index (χ4n) is 2.11. The largest absolute Gasteiger partial charge is 0.477 e. The molecule has 1 aromatic carbocycles. The van der Waals surface area contributed by atoms with Crippen molar-refractivity contribution in [2.24, 2.45) is 11.0 Å². The molecule has 0 atom stereocenters. The van der Waals surface area contributed by atoms with Crippen molar-refractivity contribution >= 4 is 5.84 Å². The summed E-state index contributed by atoms with van der Waals surface area (Å²) in [6, 6.07) is 7.26. The number of aryl methyl sites for hydroxylation is 1. The Kier molecular flexibility index (Phi) is 3.91. The van der Waals surface area contributed by atoms with Gasteiger partial charge in [-0.2, -0.15) is 4.98 Å². The second-order valence-electron chi connectivity index (χ2n) is 5.43. The number of hydrogen-bond donors (Lipinski definition) is 2. The summed E-state index contributed by atoms with van der Waals surface area (Å²) in [6.07, 6.45) is 4.22. The number of rotatable bonds is 5. The first kappa shape index (κ1) is 14.3. The van der Waals surface area contributed by atoms with Gasteiger partial charge in [0.2, 0.25) is 5.88 Å². The fourth-order valence-corrected chi connectivity index (χ4v) is 2.11. The summed E-state index contributed by atoms with van der Waals surface area (Å²) >= 11 is 0. The monoisotopic (exact) mass is 295 g/mol. The zero-order chi connectivity index (χ0) is 15.5. The average molecular weight is 295 g/mol. The van der Waals surface area contributed by atoms with Gasteiger partial charge in [0.05, 0.1) is 12.2 Å². The molecule has 0 unspecified atom stereocenters. The molecule has 0 bridgehead atoms. The van der Waals surface area contributed by atoms with E-state index in [9.17, 15) is 0 Å². The Labute approximate surface area is 128 Å². The van der Waals surface area contributed by atoms with Gasteiger partial charge in [0.25, 0.3) is 0 Å². The quantitative estimate of drug-likeness (QED) is 0.501. The summed E-state index contributed by atoms with van der Waals surface area (Å²) in [5.41, 5.74) is 9.25. The molecule has 22 heavy (non-hydrogen) atoms. The molecule has 1 fully saturated rings. The molecule has 0 saturated heterocycles. The van der Waals surface area contributed by atoms with Gasteiger partial charge in [0, 0.05) is 11.8 Å². The van der Waals surface area contributed by atoms with Gasteiger partial charge in [-0.15, -0.1) is 5.11 Å². The molecule has 1 aliphatic carbocycles. The molecule has 3 rings (SSSR count). The Balaban J connectivity index is 1.88. The first-order valence-corrected chi connectivity index (χ1v) is 7.20. The Bertz CT molecular complexity index is 707. The van der Waals surface area contributed by atoms with E-state index in [1.807, 2.05) is 19.1 Å². The van der Waals surface area contributed by atoms with E-state index in [1.54, 1.807) is 18.3 Å². The lowest BCUT2D eigenvalue weighted by Crippen LogP contribution is -2.04. The molecular formula is C16H17N5O. The minimum Gasteiger partial charge on any atom is -0.477 e. The van der Waals surface area contributed by atoms with Crippen molar-refractivity contribution in [1.29, 1.82) is 10.9 Å². The van der Waals surface area contributed by atoms with Crippen LogP contribution in [0.1, 0.15) is 24.2 Å². The van der Waals surface area contributed by atoms with Gasteiger partial charge >= 0.3 is 0 Å². The zero-order valence-electron chi connectivity index (χ0n) is 12.3. The molecule has 6 nitrogen and oxygen atoms in total. The van der Waals surface area contributed by atoms with Gasteiger partial charge in [0.15, 0.2) is 5.84 Å². The van der Waals surface area contributed by atoms with Crippen LogP contribution in [0.4, 0.5) is 0 Å². The van der Waals surface area contributed by atoms with Crippen LogP contribution in [0.5, 0.6) is 5.88 Å². The molecule has 1 aliphatic rings. The van der Waals surface area contributed by atoms with Crippen LogP contribution >= 0.6 is 0 Å². The topological polar surface area (TPSA) is 95.1 Å². The van der Waals surface area contributed by atoms with Gasteiger partial charge in [-0.25, -0.2) is 10.5 Å².